The van der Waals surface area contributed by atoms with Gasteiger partial charge < -0.3 is 10.6 Å². The van der Waals surface area contributed by atoms with Crippen molar-refractivity contribution >= 4 is 17.5 Å². The number of hydrogen-bond donors (Lipinski definition) is 2. The summed E-state index contributed by atoms with van der Waals surface area (Å²) >= 11 is 0. The van der Waals surface area contributed by atoms with E-state index in [1.54, 1.807) is 0 Å². The Morgan fingerprint density at radius 1 is 1.09 bits per heavy atom. The number of nitrogens with one attached hydrogen (secondary N) is 2. The number of anilines is 1. The first-order valence-corrected chi connectivity index (χ1v) is 8.60. The predicted molar refractivity (Wildman–Crippen MR) is 93.4 cm³/mol. The minimum absolute atomic E-state index is 0.0835. The van der Waals surface area contributed by atoms with Gasteiger partial charge in [0.05, 0.1) is 5.41 Å². The summed E-state index contributed by atoms with van der Waals surface area (Å²) < 4.78 is 0. The van der Waals surface area contributed by atoms with Crippen molar-refractivity contribution in [2.24, 2.45) is 5.92 Å². The Morgan fingerprint density at radius 2 is 1.70 bits per heavy atom. The molecule has 4 nitrogen and oxygen atoms in total. The van der Waals surface area contributed by atoms with E-state index in [-0.39, 0.29) is 11.8 Å². The van der Waals surface area contributed by atoms with Gasteiger partial charge in [0.25, 0.3) is 0 Å². The zero-order valence-corrected chi connectivity index (χ0v) is 14.4. The maximum absolute atomic E-state index is 12.9. The SMILES string of the molecule is CC(=O)Nc1ccc(C2(C(=O)NCC(C)C)CCCCC2)cc1. The minimum atomic E-state index is -0.415. The van der Waals surface area contributed by atoms with Crippen LogP contribution in [0.5, 0.6) is 0 Å². The van der Waals surface area contributed by atoms with Gasteiger partial charge in [-0.25, -0.2) is 0 Å². The highest BCUT2D eigenvalue weighted by Crippen LogP contribution is 2.40. The lowest BCUT2D eigenvalue weighted by atomic mass is 9.68. The quantitative estimate of drug-likeness (QED) is 0.871. The molecule has 0 heterocycles. The molecule has 2 rings (SSSR count). The Bertz CT molecular complexity index is 543. The monoisotopic (exact) mass is 316 g/mol. The van der Waals surface area contributed by atoms with Gasteiger partial charge in [-0.05, 0) is 36.5 Å². The largest absolute Gasteiger partial charge is 0.355 e. The van der Waals surface area contributed by atoms with E-state index in [9.17, 15) is 9.59 Å². The summed E-state index contributed by atoms with van der Waals surface area (Å²) in [5, 5.41) is 5.91. The fourth-order valence-corrected chi connectivity index (χ4v) is 3.34. The third-order valence-electron chi connectivity index (χ3n) is 4.57. The summed E-state index contributed by atoms with van der Waals surface area (Å²) in [4.78, 5) is 24.1. The molecule has 2 amide bonds. The maximum atomic E-state index is 12.9. The van der Waals surface area contributed by atoms with Gasteiger partial charge in [0, 0.05) is 19.2 Å². The van der Waals surface area contributed by atoms with Crippen LogP contribution in [-0.4, -0.2) is 18.4 Å². The highest BCUT2D eigenvalue weighted by Gasteiger charge is 2.40. The highest BCUT2D eigenvalue weighted by molar-refractivity contribution is 5.90. The molecule has 0 bridgehead atoms. The molecule has 2 N–H and O–H groups in total. The molecular formula is C19H28N2O2. The third kappa shape index (κ3) is 4.34. The van der Waals surface area contributed by atoms with Gasteiger partial charge in [-0.2, -0.15) is 0 Å². The molecule has 1 aliphatic carbocycles. The van der Waals surface area contributed by atoms with Crippen molar-refractivity contribution in [3.63, 3.8) is 0 Å². The van der Waals surface area contributed by atoms with Crippen LogP contribution in [0.1, 0.15) is 58.4 Å². The fourth-order valence-electron chi connectivity index (χ4n) is 3.34. The molecule has 0 radical (unpaired) electrons. The van der Waals surface area contributed by atoms with E-state index in [1.165, 1.54) is 13.3 Å². The van der Waals surface area contributed by atoms with E-state index < -0.39 is 5.41 Å². The van der Waals surface area contributed by atoms with Crippen LogP contribution in [0, 0.1) is 5.92 Å². The zero-order chi connectivity index (χ0) is 16.9. The van der Waals surface area contributed by atoms with Crippen molar-refractivity contribution in [2.75, 3.05) is 11.9 Å². The van der Waals surface area contributed by atoms with Crippen molar-refractivity contribution in [1.29, 1.82) is 0 Å². The Kier molecular flexibility index (Phi) is 5.80. The predicted octanol–water partition coefficient (Wildman–Crippen LogP) is 3.62. The molecule has 1 saturated carbocycles. The van der Waals surface area contributed by atoms with E-state index in [0.717, 1.165) is 36.9 Å². The van der Waals surface area contributed by atoms with Crippen LogP contribution in [0.25, 0.3) is 0 Å². The number of amides is 2. The molecule has 1 fully saturated rings. The molecule has 0 spiro atoms. The number of carbonyl (C=O) groups is 2. The van der Waals surface area contributed by atoms with Crippen molar-refractivity contribution in [3.05, 3.63) is 29.8 Å². The van der Waals surface area contributed by atoms with Crippen LogP contribution in [0.2, 0.25) is 0 Å². The average Bonchev–Trinajstić information content (AvgIpc) is 2.53. The first-order valence-electron chi connectivity index (χ1n) is 8.60. The molecule has 0 aliphatic heterocycles. The normalized spacial score (nSPS) is 16.9. The summed E-state index contributed by atoms with van der Waals surface area (Å²) in [5.41, 5.74) is 1.42. The number of rotatable bonds is 5. The lowest BCUT2D eigenvalue weighted by molar-refractivity contribution is -0.128. The summed E-state index contributed by atoms with van der Waals surface area (Å²) in [6.45, 7) is 6.42. The smallest absolute Gasteiger partial charge is 0.230 e. The third-order valence-corrected chi connectivity index (χ3v) is 4.57. The lowest BCUT2D eigenvalue weighted by Gasteiger charge is -2.36. The molecular weight excluding hydrogens is 288 g/mol. The van der Waals surface area contributed by atoms with E-state index in [0.29, 0.717) is 12.5 Å². The Hall–Kier alpha value is -1.84. The van der Waals surface area contributed by atoms with Gasteiger partial charge in [0.2, 0.25) is 11.8 Å². The van der Waals surface area contributed by atoms with Gasteiger partial charge in [0.15, 0.2) is 0 Å². The minimum Gasteiger partial charge on any atom is -0.355 e. The van der Waals surface area contributed by atoms with Crippen molar-refractivity contribution in [2.45, 2.75) is 58.3 Å². The molecule has 0 unspecified atom stereocenters. The van der Waals surface area contributed by atoms with Crippen LogP contribution in [-0.2, 0) is 15.0 Å². The molecule has 0 saturated heterocycles. The van der Waals surface area contributed by atoms with Crippen LogP contribution in [0.4, 0.5) is 5.69 Å². The highest BCUT2D eigenvalue weighted by atomic mass is 16.2. The Balaban J connectivity index is 2.23. The van der Waals surface area contributed by atoms with Gasteiger partial charge >= 0.3 is 0 Å². The first-order chi connectivity index (χ1) is 10.9. The first kappa shape index (κ1) is 17.5. The fraction of sp³-hybridized carbons (Fsp3) is 0.579. The van der Waals surface area contributed by atoms with Crippen molar-refractivity contribution in [3.8, 4) is 0 Å². The Morgan fingerprint density at radius 3 is 2.22 bits per heavy atom. The second-order valence-corrected chi connectivity index (χ2v) is 7.01. The Labute approximate surface area is 139 Å². The molecule has 0 aromatic heterocycles. The van der Waals surface area contributed by atoms with Crippen LogP contribution < -0.4 is 10.6 Å². The molecule has 4 heteroatoms. The summed E-state index contributed by atoms with van der Waals surface area (Å²) in [5.74, 6) is 0.514. The van der Waals surface area contributed by atoms with E-state index in [1.807, 2.05) is 24.3 Å². The van der Waals surface area contributed by atoms with Crippen molar-refractivity contribution < 1.29 is 9.59 Å². The van der Waals surface area contributed by atoms with Crippen molar-refractivity contribution in [1.82, 2.24) is 5.32 Å². The van der Waals surface area contributed by atoms with Crippen LogP contribution in [0.3, 0.4) is 0 Å². The van der Waals surface area contributed by atoms with E-state index >= 15 is 0 Å². The molecule has 0 atom stereocenters. The molecule has 126 valence electrons. The summed E-state index contributed by atoms with van der Waals surface area (Å²) in [7, 11) is 0. The average molecular weight is 316 g/mol. The summed E-state index contributed by atoms with van der Waals surface area (Å²) in [6, 6.07) is 7.77. The second-order valence-electron chi connectivity index (χ2n) is 7.01. The van der Waals surface area contributed by atoms with Crippen LogP contribution in [0.15, 0.2) is 24.3 Å². The maximum Gasteiger partial charge on any atom is 0.230 e. The number of hydrogen-bond acceptors (Lipinski definition) is 2. The second kappa shape index (κ2) is 7.62. The van der Waals surface area contributed by atoms with E-state index in [4.69, 9.17) is 0 Å². The van der Waals surface area contributed by atoms with Gasteiger partial charge in [-0.1, -0.05) is 45.2 Å². The molecule has 23 heavy (non-hydrogen) atoms. The zero-order valence-electron chi connectivity index (χ0n) is 14.4. The van der Waals surface area contributed by atoms with Gasteiger partial charge in [-0.15, -0.1) is 0 Å². The van der Waals surface area contributed by atoms with Gasteiger partial charge in [0.1, 0.15) is 0 Å². The standard InChI is InChI=1S/C19H28N2O2/c1-14(2)13-20-18(23)19(11-5-4-6-12-19)16-7-9-17(10-8-16)21-15(3)22/h7-10,14H,4-6,11-13H2,1-3H3,(H,20,23)(H,21,22). The lowest BCUT2D eigenvalue weighted by Crippen LogP contribution is -2.46. The molecule has 1 aliphatic rings. The van der Waals surface area contributed by atoms with Crippen LogP contribution >= 0.6 is 0 Å². The van der Waals surface area contributed by atoms with Gasteiger partial charge in [-0.3, -0.25) is 9.59 Å². The topological polar surface area (TPSA) is 58.2 Å². The molecule has 1 aromatic carbocycles. The summed E-state index contributed by atoms with van der Waals surface area (Å²) in [6.07, 6.45) is 5.17. The molecule has 1 aromatic rings. The van der Waals surface area contributed by atoms with E-state index in [2.05, 4.69) is 24.5 Å². The number of benzene rings is 1. The number of carbonyl (C=O) groups excluding carboxylic acids is 2.